The number of fused-ring (bicyclic) bond motifs is 1. The molecule has 0 aliphatic carbocycles. The maximum atomic E-state index is 6.16. The van der Waals surface area contributed by atoms with Crippen LogP contribution in [0.1, 0.15) is 22.7 Å². The van der Waals surface area contributed by atoms with Crippen molar-refractivity contribution >= 4 is 23.2 Å². The van der Waals surface area contributed by atoms with Gasteiger partial charge in [0.1, 0.15) is 0 Å². The summed E-state index contributed by atoms with van der Waals surface area (Å²) in [7, 11) is 2.16. The summed E-state index contributed by atoms with van der Waals surface area (Å²) in [5.74, 6) is 0. The average Bonchev–Trinajstić information content (AvgIpc) is 2.42. The number of nitrogens with zero attached hydrogens (tertiary/aromatic N) is 1. The molecule has 0 amide bonds. The van der Waals surface area contributed by atoms with Crippen molar-refractivity contribution in [3.05, 3.63) is 69.2 Å². The summed E-state index contributed by atoms with van der Waals surface area (Å²) < 4.78 is 0. The minimum Gasteiger partial charge on any atom is -0.295 e. The van der Waals surface area contributed by atoms with Gasteiger partial charge < -0.3 is 0 Å². The van der Waals surface area contributed by atoms with Crippen molar-refractivity contribution in [3.63, 3.8) is 0 Å². The minimum absolute atomic E-state index is 0.264. The van der Waals surface area contributed by atoms with Crippen LogP contribution in [0, 0.1) is 0 Å². The van der Waals surface area contributed by atoms with Crippen LogP contribution in [0.5, 0.6) is 0 Å². The molecule has 98 valence electrons. The third kappa shape index (κ3) is 2.38. The average molecular weight is 292 g/mol. The second-order valence-corrected chi connectivity index (χ2v) is 5.82. The number of likely N-dealkylation sites (N-methyl/N-ethyl adjacent to an activating group) is 1. The molecule has 0 radical (unpaired) electrons. The van der Waals surface area contributed by atoms with Gasteiger partial charge in [0.15, 0.2) is 0 Å². The Balaban J connectivity index is 2.10. The number of hydrogen-bond donors (Lipinski definition) is 0. The van der Waals surface area contributed by atoms with Gasteiger partial charge in [-0.3, -0.25) is 4.90 Å². The lowest BCUT2D eigenvalue weighted by atomic mass is 9.89. The van der Waals surface area contributed by atoms with Crippen molar-refractivity contribution in [2.24, 2.45) is 0 Å². The van der Waals surface area contributed by atoms with Crippen molar-refractivity contribution in [2.75, 3.05) is 13.6 Å². The van der Waals surface area contributed by atoms with E-state index in [9.17, 15) is 0 Å². The smallest absolute Gasteiger partial charge is 0.0602 e. The van der Waals surface area contributed by atoms with Crippen molar-refractivity contribution in [2.45, 2.75) is 12.5 Å². The Hall–Kier alpha value is -1.02. The van der Waals surface area contributed by atoms with E-state index in [1.807, 2.05) is 12.1 Å². The first-order valence-electron chi connectivity index (χ1n) is 6.40. The Morgan fingerprint density at radius 1 is 1.05 bits per heavy atom. The van der Waals surface area contributed by atoms with Crippen LogP contribution in [0.4, 0.5) is 0 Å². The molecule has 3 heteroatoms. The topological polar surface area (TPSA) is 3.24 Å². The van der Waals surface area contributed by atoms with Gasteiger partial charge in [0, 0.05) is 6.54 Å². The summed E-state index contributed by atoms with van der Waals surface area (Å²) in [6.07, 6.45) is 1.10. The summed E-state index contributed by atoms with van der Waals surface area (Å²) in [5, 5.41) is 1.23. The molecule has 1 nitrogen and oxygen atoms in total. The summed E-state index contributed by atoms with van der Waals surface area (Å²) in [6, 6.07) is 14.8. The van der Waals surface area contributed by atoms with Crippen LogP contribution in [0.3, 0.4) is 0 Å². The van der Waals surface area contributed by atoms with E-state index in [2.05, 4.69) is 42.3 Å². The highest BCUT2D eigenvalue weighted by Gasteiger charge is 2.26. The Bertz CT molecular complexity index is 609. The lowest BCUT2D eigenvalue weighted by Gasteiger charge is -2.35. The van der Waals surface area contributed by atoms with Crippen LogP contribution in [0.2, 0.25) is 10.0 Å². The quantitative estimate of drug-likeness (QED) is 0.744. The Labute approximate surface area is 123 Å². The summed E-state index contributed by atoms with van der Waals surface area (Å²) in [5.41, 5.74) is 4.00. The van der Waals surface area contributed by atoms with Crippen LogP contribution in [-0.2, 0) is 6.42 Å². The Morgan fingerprint density at radius 3 is 2.63 bits per heavy atom. The van der Waals surface area contributed by atoms with E-state index in [-0.39, 0.29) is 6.04 Å². The second kappa shape index (κ2) is 5.16. The maximum Gasteiger partial charge on any atom is 0.0602 e. The van der Waals surface area contributed by atoms with Crippen molar-refractivity contribution in [1.82, 2.24) is 4.90 Å². The van der Waals surface area contributed by atoms with Crippen LogP contribution in [-0.4, -0.2) is 18.5 Å². The van der Waals surface area contributed by atoms with Crippen LogP contribution in [0.25, 0.3) is 0 Å². The van der Waals surface area contributed by atoms with Gasteiger partial charge in [0.25, 0.3) is 0 Å². The normalized spacial score (nSPS) is 19.2. The molecule has 19 heavy (non-hydrogen) atoms. The van der Waals surface area contributed by atoms with Gasteiger partial charge in [-0.2, -0.15) is 0 Å². The molecule has 0 saturated carbocycles. The van der Waals surface area contributed by atoms with Gasteiger partial charge in [-0.1, -0.05) is 53.5 Å². The van der Waals surface area contributed by atoms with E-state index < -0.39 is 0 Å². The first kappa shape index (κ1) is 13.0. The fourth-order valence-electron chi connectivity index (χ4n) is 2.81. The Kier molecular flexibility index (Phi) is 3.53. The molecule has 0 aromatic heterocycles. The first-order valence-corrected chi connectivity index (χ1v) is 7.15. The van der Waals surface area contributed by atoms with Gasteiger partial charge in [0.05, 0.1) is 16.1 Å². The van der Waals surface area contributed by atoms with Gasteiger partial charge in [-0.25, -0.2) is 0 Å². The fraction of sp³-hybridized carbons (Fsp3) is 0.250. The largest absolute Gasteiger partial charge is 0.295 e. The molecule has 0 saturated heterocycles. The minimum atomic E-state index is 0.264. The van der Waals surface area contributed by atoms with E-state index in [0.29, 0.717) is 10.0 Å². The summed E-state index contributed by atoms with van der Waals surface area (Å²) in [6.45, 7) is 1.06. The molecule has 1 aliphatic rings. The highest BCUT2D eigenvalue weighted by atomic mass is 35.5. The zero-order valence-corrected chi connectivity index (χ0v) is 12.2. The van der Waals surface area contributed by atoms with E-state index in [4.69, 9.17) is 23.2 Å². The van der Waals surface area contributed by atoms with E-state index in [1.165, 1.54) is 16.7 Å². The fourth-order valence-corrected chi connectivity index (χ4v) is 3.11. The molecule has 3 rings (SSSR count). The molecular formula is C16H15Cl2N. The van der Waals surface area contributed by atoms with Crippen LogP contribution in [0.15, 0.2) is 42.5 Å². The zero-order valence-electron chi connectivity index (χ0n) is 10.7. The standard InChI is InChI=1S/C16H15Cl2N/c1-19-9-8-11-4-2-3-5-13(11)16(19)12-6-7-14(17)15(18)10-12/h2-7,10,16H,8-9H2,1H3. The predicted octanol–water partition coefficient (Wildman–Crippen LogP) is 4.57. The highest BCUT2D eigenvalue weighted by molar-refractivity contribution is 6.42. The van der Waals surface area contributed by atoms with Crippen LogP contribution >= 0.6 is 23.2 Å². The molecule has 0 N–H and O–H groups in total. The maximum absolute atomic E-state index is 6.16. The second-order valence-electron chi connectivity index (χ2n) is 5.01. The molecule has 1 heterocycles. The Morgan fingerprint density at radius 2 is 1.84 bits per heavy atom. The lowest BCUT2D eigenvalue weighted by molar-refractivity contribution is 0.265. The molecule has 0 spiro atoms. The molecule has 1 atom stereocenters. The molecule has 2 aromatic carbocycles. The molecule has 1 aliphatic heterocycles. The molecule has 2 aromatic rings. The van der Waals surface area contributed by atoms with Gasteiger partial charge in [-0.05, 0) is 42.3 Å². The number of hydrogen-bond acceptors (Lipinski definition) is 1. The summed E-state index contributed by atoms with van der Waals surface area (Å²) >= 11 is 12.2. The number of halogens is 2. The van der Waals surface area contributed by atoms with Crippen molar-refractivity contribution in [1.29, 1.82) is 0 Å². The highest BCUT2D eigenvalue weighted by Crippen LogP contribution is 2.36. The SMILES string of the molecule is CN1CCc2ccccc2C1c1ccc(Cl)c(Cl)c1. The van der Waals surface area contributed by atoms with Crippen LogP contribution < -0.4 is 0 Å². The third-order valence-electron chi connectivity index (χ3n) is 3.78. The van der Waals surface area contributed by atoms with E-state index in [0.717, 1.165) is 13.0 Å². The summed E-state index contributed by atoms with van der Waals surface area (Å²) in [4.78, 5) is 2.36. The number of benzene rings is 2. The van der Waals surface area contributed by atoms with E-state index in [1.54, 1.807) is 0 Å². The van der Waals surface area contributed by atoms with E-state index >= 15 is 0 Å². The lowest BCUT2D eigenvalue weighted by Crippen LogP contribution is -2.32. The molecular weight excluding hydrogens is 277 g/mol. The number of rotatable bonds is 1. The van der Waals surface area contributed by atoms with Crippen molar-refractivity contribution < 1.29 is 0 Å². The van der Waals surface area contributed by atoms with Gasteiger partial charge in [-0.15, -0.1) is 0 Å². The molecule has 1 unspecified atom stereocenters. The molecule has 0 bridgehead atoms. The van der Waals surface area contributed by atoms with Gasteiger partial charge >= 0.3 is 0 Å². The molecule has 0 fully saturated rings. The predicted molar refractivity (Wildman–Crippen MR) is 81.1 cm³/mol. The van der Waals surface area contributed by atoms with Crippen molar-refractivity contribution in [3.8, 4) is 0 Å². The monoisotopic (exact) mass is 291 g/mol. The first-order chi connectivity index (χ1) is 9.16. The zero-order chi connectivity index (χ0) is 13.4. The van der Waals surface area contributed by atoms with Gasteiger partial charge in [0.2, 0.25) is 0 Å². The third-order valence-corrected chi connectivity index (χ3v) is 4.52.